The summed E-state index contributed by atoms with van der Waals surface area (Å²) in [5.41, 5.74) is 0.949. The fraction of sp³-hybridized carbons (Fsp3) is 0.412. The lowest BCUT2D eigenvalue weighted by molar-refractivity contribution is -0.131. The summed E-state index contributed by atoms with van der Waals surface area (Å²) < 4.78 is 1.59. The number of benzene rings is 1. The Morgan fingerprint density at radius 1 is 1.17 bits per heavy atom. The summed E-state index contributed by atoms with van der Waals surface area (Å²) in [4.78, 5) is 30.2. The van der Waals surface area contributed by atoms with Crippen LogP contribution in [0.1, 0.15) is 37.8 Å². The Morgan fingerprint density at radius 3 is 2.46 bits per heavy atom. The van der Waals surface area contributed by atoms with Gasteiger partial charge in [-0.3, -0.25) is 14.4 Å². The number of rotatable bonds is 5. The van der Waals surface area contributed by atoms with Crippen LogP contribution in [0.15, 0.2) is 36.9 Å². The molecule has 1 aliphatic heterocycles. The van der Waals surface area contributed by atoms with Crippen molar-refractivity contribution in [1.29, 1.82) is 0 Å². The predicted octanol–water partition coefficient (Wildman–Crippen LogP) is 1.87. The molecule has 1 saturated heterocycles. The zero-order valence-corrected chi connectivity index (χ0v) is 14.1. The molecular weight excluding hydrogens is 306 g/mol. The second-order valence-corrected chi connectivity index (χ2v) is 6.45. The summed E-state index contributed by atoms with van der Waals surface area (Å²) in [6.45, 7) is 6.65. The van der Waals surface area contributed by atoms with Crippen LogP contribution in [0.5, 0.6) is 0 Å². The van der Waals surface area contributed by atoms with Crippen molar-refractivity contribution in [3.63, 3.8) is 0 Å². The third-order valence-corrected chi connectivity index (χ3v) is 4.45. The molecule has 1 aromatic carbocycles. The fourth-order valence-electron chi connectivity index (χ4n) is 2.85. The van der Waals surface area contributed by atoms with Gasteiger partial charge in [-0.1, -0.05) is 38.1 Å². The smallest absolute Gasteiger partial charge is 0.319 e. The van der Waals surface area contributed by atoms with Crippen molar-refractivity contribution < 1.29 is 9.59 Å². The van der Waals surface area contributed by atoms with Crippen LogP contribution in [0.3, 0.4) is 0 Å². The van der Waals surface area contributed by atoms with E-state index in [4.69, 9.17) is 0 Å². The number of urea groups is 1. The lowest BCUT2D eigenvalue weighted by Crippen LogP contribution is -2.41. The van der Waals surface area contributed by atoms with Crippen LogP contribution in [0.4, 0.5) is 4.79 Å². The molecule has 0 aliphatic carbocycles. The summed E-state index contributed by atoms with van der Waals surface area (Å²) in [5, 5.41) is 6.80. The minimum absolute atomic E-state index is 0.245. The zero-order valence-electron chi connectivity index (χ0n) is 14.1. The number of amides is 3. The lowest BCUT2D eigenvalue weighted by atomic mass is 9.90. The largest absolute Gasteiger partial charge is 0.325 e. The maximum absolute atomic E-state index is 12.8. The van der Waals surface area contributed by atoms with Crippen LogP contribution in [0, 0.1) is 0 Å². The SMILES string of the molecule is CC(C)c1ccc(C2(C)NC(=O)N(CCn3cncn3)C2=O)cc1. The van der Waals surface area contributed by atoms with Gasteiger partial charge in [0.05, 0.1) is 13.1 Å². The summed E-state index contributed by atoms with van der Waals surface area (Å²) in [7, 11) is 0. The van der Waals surface area contributed by atoms with E-state index >= 15 is 0 Å². The first-order chi connectivity index (χ1) is 11.4. The van der Waals surface area contributed by atoms with Crippen LogP contribution in [0.2, 0.25) is 0 Å². The van der Waals surface area contributed by atoms with E-state index in [1.54, 1.807) is 17.9 Å². The summed E-state index contributed by atoms with van der Waals surface area (Å²) in [6.07, 6.45) is 2.98. The Morgan fingerprint density at radius 2 is 1.88 bits per heavy atom. The number of nitrogens with one attached hydrogen (secondary N) is 1. The van der Waals surface area contributed by atoms with E-state index in [2.05, 4.69) is 29.2 Å². The summed E-state index contributed by atoms with van der Waals surface area (Å²) >= 11 is 0. The van der Waals surface area contributed by atoms with E-state index in [1.165, 1.54) is 16.8 Å². The second-order valence-electron chi connectivity index (χ2n) is 6.45. The van der Waals surface area contributed by atoms with Gasteiger partial charge < -0.3 is 5.32 Å². The van der Waals surface area contributed by atoms with Crippen molar-refractivity contribution in [3.8, 4) is 0 Å². The Kier molecular flexibility index (Phi) is 4.09. The first kappa shape index (κ1) is 16.2. The molecule has 3 amide bonds. The van der Waals surface area contributed by atoms with E-state index in [0.29, 0.717) is 12.5 Å². The van der Waals surface area contributed by atoms with Crippen molar-refractivity contribution in [2.75, 3.05) is 6.54 Å². The first-order valence-corrected chi connectivity index (χ1v) is 7.99. The number of aromatic nitrogens is 3. The van der Waals surface area contributed by atoms with Gasteiger partial charge in [-0.15, -0.1) is 0 Å². The second kappa shape index (κ2) is 6.07. The molecule has 1 fully saturated rings. The molecule has 24 heavy (non-hydrogen) atoms. The van der Waals surface area contributed by atoms with Crippen molar-refractivity contribution in [2.24, 2.45) is 0 Å². The van der Waals surface area contributed by atoms with E-state index in [0.717, 1.165) is 5.56 Å². The molecule has 0 saturated carbocycles. The minimum atomic E-state index is -1.03. The molecule has 0 radical (unpaired) electrons. The number of imide groups is 1. The number of nitrogens with zero attached hydrogens (tertiary/aromatic N) is 4. The van der Waals surface area contributed by atoms with Crippen LogP contribution in [-0.2, 0) is 16.9 Å². The molecule has 2 heterocycles. The molecular formula is C17H21N5O2. The monoisotopic (exact) mass is 327 g/mol. The fourth-order valence-corrected chi connectivity index (χ4v) is 2.85. The van der Waals surface area contributed by atoms with E-state index in [-0.39, 0.29) is 18.5 Å². The third-order valence-electron chi connectivity index (χ3n) is 4.45. The Labute approximate surface area is 140 Å². The number of hydrogen-bond donors (Lipinski definition) is 1. The van der Waals surface area contributed by atoms with Crippen molar-refractivity contribution in [2.45, 2.75) is 38.8 Å². The van der Waals surface area contributed by atoms with Gasteiger partial charge in [0.2, 0.25) is 0 Å². The minimum Gasteiger partial charge on any atom is -0.319 e. The average Bonchev–Trinajstić information content (AvgIpc) is 3.14. The van der Waals surface area contributed by atoms with Gasteiger partial charge in [-0.2, -0.15) is 5.10 Å². The van der Waals surface area contributed by atoms with Crippen LogP contribution < -0.4 is 5.32 Å². The Hall–Kier alpha value is -2.70. The highest BCUT2D eigenvalue weighted by molar-refractivity contribution is 6.07. The molecule has 3 rings (SSSR count). The summed E-state index contributed by atoms with van der Waals surface area (Å²) in [5.74, 6) is 0.171. The quantitative estimate of drug-likeness (QED) is 0.850. The number of carbonyl (C=O) groups excluding carboxylic acids is 2. The summed E-state index contributed by atoms with van der Waals surface area (Å²) in [6, 6.07) is 7.45. The number of carbonyl (C=O) groups is 2. The molecule has 7 heteroatoms. The first-order valence-electron chi connectivity index (χ1n) is 7.99. The molecule has 1 aliphatic rings. The van der Waals surface area contributed by atoms with Crippen molar-refractivity contribution in [1.82, 2.24) is 25.0 Å². The zero-order chi connectivity index (χ0) is 17.3. The maximum atomic E-state index is 12.8. The van der Waals surface area contributed by atoms with Gasteiger partial charge in [-0.25, -0.2) is 9.78 Å². The maximum Gasteiger partial charge on any atom is 0.325 e. The average molecular weight is 327 g/mol. The van der Waals surface area contributed by atoms with E-state index < -0.39 is 5.54 Å². The molecule has 1 aromatic heterocycles. The van der Waals surface area contributed by atoms with Crippen LogP contribution in [0.25, 0.3) is 0 Å². The number of hydrogen-bond acceptors (Lipinski definition) is 4. The highest BCUT2D eigenvalue weighted by Crippen LogP contribution is 2.29. The van der Waals surface area contributed by atoms with E-state index in [1.807, 2.05) is 24.3 Å². The predicted molar refractivity (Wildman–Crippen MR) is 88.1 cm³/mol. The van der Waals surface area contributed by atoms with E-state index in [9.17, 15) is 9.59 Å². The molecule has 2 aromatic rings. The Bertz CT molecular complexity index is 739. The van der Waals surface area contributed by atoms with Gasteiger partial charge in [0, 0.05) is 0 Å². The molecule has 1 atom stereocenters. The van der Waals surface area contributed by atoms with Gasteiger partial charge in [0.1, 0.15) is 18.2 Å². The Balaban J connectivity index is 1.78. The van der Waals surface area contributed by atoms with Crippen LogP contribution in [-0.4, -0.2) is 38.1 Å². The van der Waals surface area contributed by atoms with Crippen molar-refractivity contribution in [3.05, 3.63) is 48.0 Å². The third kappa shape index (κ3) is 2.77. The van der Waals surface area contributed by atoms with Gasteiger partial charge >= 0.3 is 6.03 Å². The normalized spacial score (nSPS) is 20.8. The molecule has 7 nitrogen and oxygen atoms in total. The molecule has 1 N–H and O–H groups in total. The molecule has 126 valence electrons. The highest BCUT2D eigenvalue weighted by Gasteiger charge is 2.48. The lowest BCUT2D eigenvalue weighted by Gasteiger charge is -2.23. The molecule has 1 unspecified atom stereocenters. The highest BCUT2D eigenvalue weighted by atomic mass is 16.2. The van der Waals surface area contributed by atoms with Crippen molar-refractivity contribution >= 4 is 11.9 Å². The molecule has 0 bridgehead atoms. The van der Waals surface area contributed by atoms with Gasteiger partial charge in [-0.05, 0) is 24.0 Å². The van der Waals surface area contributed by atoms with Crippen LogP contribution >= 0.6 is 0 Å². The molecule has 0 spiro atoms. The van der Waals surface area contributed by atoms with Gasteiger partial charge in [0.15, 0.2) is 0 Å². The topological polar surface area (TPSA) is 80.1 Å². The van der Waals surface area contributed by atoms with Gasteiger partial charge in [0.25, 0.3) is 5.91 Å². The standard InChI is InChI=1S/C17H21N5O2/c1-12(2)13-4-6-14(7-5-13)17(3)15(23)22(16(24)20-17)9-8-21-11-18-10-19-21/h4-7,10-12H,8-9H2,1-3H3,(H,20,24).